The summed E-state index contributed by atoms with van der Waals surface area (Å²) in [4.78, 5) is 4.82. The Morgan fingerprint density at radius 1 is 1.32 bits per heavy atom. The van der Waals surface area contributed by atoms with Gasteiger partial charge in [0.05, 0.1) is 15.9 Å². The topological polar surface area (TPSA) is 24.9 Å². The molecule has 19 heavy (non-hydrogen) atoms. The monoisotopic (exact) mass is 306 g/mol. The predicted molar refractivity (Wildman–Crippen MR) is 70.6 cm³/mol. The summed E-state index contributed by atoms with van der Waals surface area (Å²) in [6, 6.07) is 5.36. The highest BCUT2D eigenvalue weighted by molar-refractivity contribution is 7.16. The van der Waals surface area contributed by atoms with Crippen LogP contribution >= 0.6 is 22.9 Å². The van der Waals surface area contributed by atoms with Gasteiger partial charge in [0.1, 0.15) is 5.82 Å². The fourth-order valence-electron chi connectivity index (χ4n) is 1.54. The number of alkyl halides is 3. The van der Waals surface area contributed by atoms with Crippen LogP contribution in [-0.2, 0) is 6.18 Å². The van der Waals surface area contributed by atoms with Gasteiger partial charge in [0.2, 0.25) is 0 Å². The van der Waals surface area contributed by atoms with Gasteiger partial charge in [-0.3, -0.25) is 0 Å². The number of hydrogen-bond donors (Lipinski definition) is 1. The smallest absolute Gasteiger partial charge is 0.363 e. The van der Waals surface area contributed by atoms with Crippen LogP contribution in [-0.4, -0.2) is 4.98 Å². The van der Waals surface area contributed by atoms with Crippen LogP contribution in [0.5, 0.6) is 0 Å². The number of anilines is 1. The van der Waals surface area contributed by atoms with Gasteiger partial charge in [0.25, 0.3) is 0 Å². The van der Waals surface area contributed by atoms with Crippen molar-refractivity contribution in [1.82, 2.24) is 4.98 Å². The Morgan fingerprint density at radius 3 is 2.63 bits per heavy atom. The lowest BCUT2D eigenvalue weighted by molar-refractivity contribution is -0.137. The van der Waals surface area contributed by atoms with Gasteiger partial charge in [0.15, 0.2) is 0 Å². The maximum absolute atomic E-state index is 12.6. The molecular formula is C12H10ClF3N2S. The van der Waals surface area contributed by atoms with Gasteiger partial charge in [0, 0.05) is 11.1 Å². The quantitative estimate of drug-likeness (QED) is 0.864. The number of thiophene rings is 1. The Labute approximate surface area is 117 Å². The zero-order valence-corrected chi connectivity index (χ0v) is 11.4. The van der Waals surface area contributed by atoms with Crippen molar-refractivity contribution in [2.45, 2.75) is 19.1 Å². The third-order valence-electron chi connectivity index (χ3n) is 2.47. The molecule has 0 aliphatic rings. The van der Waals surface area contributed by atoms with Crippen molar-refractivity contribution in [2.75, 3.05) is 5.32 Å². The highest BCUT2D eigenvalue weighted by Gasteiger charge is 2.30. The Bertz CT molecular complexity index is 568. The van der Waals surface area contributed by atoms with E-state index in [2.05, 4.69) is 10.3 Å². The van der Waals surface area contributed by atoms with Gasteiger partial charge in [-0.05, 0) is 31.2 Å². The standard InChI is InChI=1S/C12H10ClF3N2S/c1-7(9-2-3-10(13)19-9)18-11-6-8(4-5-17-11)12(14,15)16/h2-7H,1H3,(H,17,18). The third kappa shape index (κ3) is 3.61. The zero-order valence-electron chi connectivity index (χ0n) is 9.83. The average Bonchev–Trinajstić information content (AvgIpc) is 2.75. The van der Waals surface area contributed by atoms with Crippen molar-refractivity contribution in [3.05, 3.63) is 45.2 Å². The van der Waals surface area contributed by atoms with E-state index in [4.69, 9.17) is 11.6 Å². The van der Waals surface area contributed by atoms with Crippen molar-refractivity contribution >= 4 is 28.8 Å². The second kappa shape index (κ2) is 5.38. The Morgan fingerprint density at radius 2 is 2.05 bits per heavy atom. The molecule has 1 N–H and O–H groups in total. The SMILES string of the molecule is CC(Nc1cc(C(F)(F)F)ccn1)c1ccc(Cl)s1. The molecule has 0 saturated carbocycles. The molecule has 0 aliphatic heterocycles. The van der Waals surface area contributed by atoms with Gasteiger partial charge in [-0.2, -0.15) is 13.2 Å². The predicted octanol–water partition coefficient (Wildman–Crippen LogP) is 4.99. The molecule has 0 saturated heterocycles. The van der Waals surface area contributed by atoms with Crippen molar-refractivity contribution in [3.8, 4) is 0 Å². The second-order valence-corrected chi connectivity index (χ2v) is 5.68. The molecular weight excluding hydrogens is 297 g/mol. The summed E-state index contributed by atoms with van der Waals surface area (Å²) in [6.07, 6.45) is -3.23. The maximum Gasteiger partial charge on any atom is 0.416 e. The summed E-state index contributed by atoms with van der Waals surface area (Å²) in [5.74, 6) is 0.187. The molecule has 1 atom stereocenters. The van der Waals surface area contributed by atoms with Gasteiger partial charge in [-0.1, -0.05) is 11.6 Å². The van der Waals surface area contributed by atoms with E-state index in [9.17, 15) is 13.2 Å². The molecule has 0 bridgehead atoms. The van der Waals surface area contributed by atoms with E-state index in [1.165, 1.54) is 11.3 Å². The van der Waals surface area contributed by atoms with Crippen LogP contribution in [0.2, 0.25) is 4.34 Å². The molecule has 7 heteroatoms. The third-order valence-corrected chi connectivity index (χ3v) is 3.89. The summed E-state index contributed by atoms with van der Waals surface area (Å²) >= 11 is 7.20. The number of nitrogens with zero attached hydrogens (tertiary/aromatic N) is 1. The van der Waals surface area contributed by atoms with Gasteiger partial charge >= 0.3 is 6.18 Å². The van der Waals surface area contributed by atoms with Gasteiger partial charge in [-0.15, -0.1) is 11.3 Å². The minimum Gasteiger partial charge on any atom is -0.363 e. The number of pyridine rings is 1. The first-order valence-corrected chi connectivity index (χ1v) is 6.61. The van der Waals surface area contributed by atoms with E-state index in [0.29, 0.717) is 4.34 Å². The zero-order chi connectivity index (χ0) is 14.0. The molecule has 0 aromatic carbocycles. The first-order chi connectivity index (χ1) is 8.86. The van der Waals surface area contributed by atoms with E-state index in [1.807, 2.05) is 13.0 Å². The summed E-state index contributed by atoms with van der Waals surface area (Å²) in [5.41, 5.74) is -0.721. The summed E-state index contributed by atoms with van der Waals surface area (Å²) in [7, 11) is 0. The first kappa shape index (κ1) is 14.1. The number of halogens is 4. The molecule has 0 fully saturated rings. The number of rotatable bonds is 3. The summed E-state index contributed by atoms with van der Waals surface area (Å²) in [6.45, 7) is 1.84. The largest absolute Gasteiger partial charge is 0.416 e. The Hall–Kier alpha value is -1.27. The van der Waals surface area contributed by atoms with Crippen LogP contribution in [0.15, 0.2) is 30.5 Å². The molecule has 0 aliphatic carbocycles. The summed E-state index contributed by atoms with van der Waals surface area (Å²) < 4.78 is 38.3. The number of hydrogen-bond acceptors (Lipinski definition) is 3. The van der Waals surface area contributed by atoms with Gasteiger partial charge in [-0.25, -0.2) is 4.98 Å². The highest BCUT2D eigenvalue weighted by Crippen LogP contribution is 2.32. The lowest BCUT2D eigenvalue weighted by atomic mass is 10.2. The first-order valence-electron chi connectivity index (χ1n) is 5.41. The van der Waals surface area contributed by atoms with Crippen LogP contribution in [0.4, 0.5) is 19.0 Å². The van der Waals surface area contributed by atoms with Crippen molar-refractivity contribution in [1.29, 1.82) is 0 Å². The highest BCUT2D eigenvalue weighted by atomic mass is 35.5. The van der Waals surface area contributed by atoms with Crippen LogP contribution in [0.3, 0.4) is 0 Å². The van der Waals surface area contributed by atoms with Crippen molar-refractivity contribution in [2.24, 2.45) is 0 Å². The Kier molecular flexibility index (Phi) is 4.01. The fraction of sp³-hybridized carbons (Fsp3) is 0.250. The maximum atomic E-state index is 12.6. The molecule has 2 rings (SSSR count). The number of aromatic nitrogens is 1. The minimum absolute atomic E-state index is 0.159. The van der Waals surface area contributed by atoms with E-state index >= 15 is 0 Å². The lowest BCUT2D eigenvalue weighted by Gasteiger charge is -2.14. The van der Waals surface area contributed by atoms with E-state index < -0.39 is 11.7 Å². The van der Waals surface area contributed by atoms with Crippen LogP contribution in [0, 0.1) is 0 Å². The lowest BCUT2D eigenvalue weighted by Crippen LogP contribution is -2.09. The molecule has 2 nitrogen and oxygen atoms in total. The number of nitrogens with one attached hydrogen (secondary N) is 1. The van der Waals surface area contributed by atoms with E-state index in [1.54, 1.807) is 6.07 Å². The van der Waals surface area contributed by atoms with Crippen LogP contribution < -0.4 is 5.32 Å². The van der Waals surface area contributed by atoms with Crippen molar-refractivity contribution < 1.29 is 13.2 Å². The molecule has 0 amide bonds. The molecule has 1 unspecified atom stereocenters. The van der Waals surface area contributed by atoms with Gasteiger partial charge < -0.3 is 5.32 Å². The fourth-order valence-corrected chi connectivity index (χ4v) is 2.60. The molecule has 0 radical (unpaired) electrons. The molecule has 2 aromatic rings. The average molecular weight is 307 g/mol. The minimum atomic E-state index is -4.37. The van der Waals surface area contributed by atoms with Crippen molar-refractivity contribution in [3.63, 3.8) is 0 Å². The van der Waals surface area contributed by atoms with Crippen LogP contribution in [0.1, 0.15) is 23.4 Å². The Balaban J connectivity index is 2.15. The molecule has 2 heterocycles. The van der Waals surface area contributed by atoms with E-state index in [0.717, 1.165) is 23.2 Å². The molecule has 2 aromatic heterocycles. The van der Waals surface area contributed by atoms with E-state index in [-0.39, 0.29) is 11.9 Å². The van der Waals surface area contributed by atoms with Crippen LogP contribution in [0.25, 0.3) is 0 Å². The summed E-state index contributed by atoms with van der Waals surface area (Å²) in [5, 5.41) is 2.92. The normalized spacial score (nSPS) is 13.3. The molecule has 0 spiro atoms. The second-order valence-electron chi connectivity index (χ2n) is 3.94. The molecule has 102 valence electrons.